The molecule has 0 aromatic rings. The van der Waals surface area contributed by atoms with Gasteiger partial charge in [-0.05, 0) is 26.1 Å². The second-order valence-electron chi connectivity index (χ2n) is 4.37. The summed E-state index contributed by atoms with van der Waals surface area (Å²) in [6.45, 7) is 9.63. The number of amides is 1. The lowest BCUT2D eigenvalue weighted by Crippen LogP contribution is -2.51. The summed E-state index contributed by atoms with van der Waals surface area (Å²) in [6.07, 6.45) is 0. The summed E-state index contributed by atoms with van der Waals surface area (Å²) in [5.41, 5.74) is 0. The molecule has 0 saturated carbocycles. The Hall–Kier alpha value is -0.610. The molecule has 1 amide bonds. The second-order valence-corrected chi connectivity index (χ2v) is 4.37. The molecule has 0 aliphatic carbocycles. The highest BCUT2D eigenvalue weighted by Crippen LogP contribution is 2.06. The van der Waals surface area contributed by atoms with Crippen LogP contribution in [0, 0.1) is 5.92 Å². The first-order chi connectivity index (χ1) is 7.17. The van der Waals surface area contributed by atoms with E-state index in [0.29, 0.717) is 12.5 Å². The summed E-state index contributed by atoms with van der Waals surface area (Å²) in [6, 6.07) is 0. The fourth-order valence-corrected chi connectivity index (χ4v) is 2.01. The second kappa shape index (κ2) is 6.08. The third-order valence-electron chi connectivity index (χ3n) is 2.93. The molecule has 4 heteroatoms. The first-order valence-electron chi connectivity index (χ1n) is 5.82. The number of carbonyl (C=O) groups excluding carboxylic acids is 1. The van der Waals surface area contributed by atoms with Crippen molar-refractivity contribution in [2.75, 3.05) is 46.3 Å². The van der Waals surface area contributed by atoms with Crippen molar-refractivity contribution in [3.05, 3.63) is 0 Å². The predicted octanol–water partition coefficient (Wildman–Crippen LogP) is 0.00600. The zero-order chi connectivity index (χ0) is 11.3. The molecule has 1 heterocycles. The number of carbonyl (C=O) groups is 1. The monoisotopic (exact) mass is 213 g/mol. The van der Waals surface area contributed by atoms with E-state index in [0.717, 1.165) is 32.7 Å². The molecule has 1 atom stereocenters. The van der Waals surface area contributed by atoms with Gasteiger partial charge in [0, 0.05) is 19.6 Å². The SMILES string of the molecule is CCN1CCN(CC(C)CNC)C(=O)C1. The number of rotatable bonds is 5. The zero-order valence-corrected chi connectivity index (χ0v) is 10.1. The summed E-state index contributed by atoms with van der Waals surface area (Å²) >= 11 is 0. The molecule has 1 aliphatic rings. The maximum atomic E-state index is 11.8. The van der Waals surface area contributed by atoms with E-state index < -0.39 is 0 Å². The van der Waals surface area contributed by atoms with Crippen molar-refractivity contribution in [2.45, 2.75) is 13.8 Å². The summed E-state index contributed by atoms with van der Waals surface area (Å²) in [7, 11) is 1.95. The van der Waals surface area contributed by atoms with Crippen LogP contribution in [0.4, 0.5) is 0 Å². The average Bonchev–Trinajstić information content (AvgIpc) is 2.21. The number of nitrogens with zero attached hydrogens (tertiary/aromatic N) is 2. The van der Waals surface area contributed by atoms with E-state index in [1.165, 1.54) is 0 Å². The van der Waals surface area contributed by atoms with Gasteiger partial charge < -0.3 is 10.2 Å². The molecule has 1 fully saturated rings. The smallest absolute Gasteiger partial charge is 0.236 e. The van der Waals surface area contributed by atoms with Crippen molar-refractivity contribution >= 4 is 5.91 Å². The highest BCUT2D eigenvalue weighted by Gasteiger charge is 2.23. The van der Waals surface area contributed by atoms with Crippen molar-refractivity contribution < 1.29 is 4.79 Å². The molecule has 1 rings (SSSR count). The number of hydrogen-bond acceptors (Lipinski definition) is 3. The van der Waals surface area contributed by atoms with Gasteiger partial charge in [0.05, 0.1) is 6.54 Å². The van der Waals surface area contributed by atoms with Gasteiger partial charge in [-0.1, -0.05) is 13.8 Å². The van der Waals surface area contributed by atoms with E-state index in [2.05, 4.69) is 24.1 Å². The van der Waals surface area contributed by atoms with Crippen molar-refractivity contribution in [2.24, 2.45) is 5.92 Å². The molecule has 0 aromatic carbocycles. The van der Waals surface area contributed by atoms with E-state index >= 15 is 0 Å². The molecule has 1 N–H and O–H groups in total. The van der Waals surface area contributed by atoms with Gasteiger partial charge in [0.25, 0.3) is 0 Å². The lowest BCUT2D eigenvalue weighted by molar-refractivity contribution is -0.136. The molecule has 0 spiro atoms. The minimum absolute atomic E-state index is 0.283. The molecule has 0 aromatic heterocycles. The zero-order valence-electron chi connectivity index (χ0n) is 10.1. The van der Waals surface area contributed by atoms with Crippen LogP contribution >= 0.6 is 0 Å². The lowest BCUT2D eigenvalue weighted by Gasteiger charge is -2.35. The quantitative estimate of drug-likeness (QED) is 0.698. The maximum Gasteiger partial charge on any atom is 0.236 e. The van der Waals surface area contributed by atoms with E-state index in [1.807, 2.05) is 11.9 Å². The van der Waals surface area contributed by atoms with Crippen LogP contribution < -0.4 is 5.32 Å². The molecular formula is C11H23N3O. The van der Waals surface area contributed by atoms with E-state index in [-0.39, 0.29) is 5.91 Å². The molecule has 0 bridgehead atoms. The summed E-state index contributed by atoms with van der Waals surface area (Å²) in [5, 5.41) is 3.14. The van der Waals surface area contributed by atoms with E-state index in [4.69, 9.17) is 0 Å². The molecular weight excluding hydrogens is 190 g/mol. The highest BCUT2D eigenvalue weighted by atomic mass is 16.2. The Labute approximate surface area is 92.6 Å². The third-order valence-corrected chi connectivity index (χ3v) is 2.93. The topological polar surface area (TPSA) is 35.6 Å². The predicted molar refractivity (Wildman–Crippen MR) is 61.8 cm³/mol. The van der Waals surface area contributed by atoms with Gasteiger partial charge in [-0.3, -0.25) is 9.69 Å². The number of nitrogens with one attached hydrogen (secondary N) is 1. The van der Waals surface area contributed by atoms with Crippen molar-refractivity contribution in [1.29, 1.82) is 0 Å². The third kappa shape index (κ3) is 3.80. The Morgan fingerprint density at radius 1 is 1.47 bits per heavy atom. The Balaban J connectivity index is 2.34. The van der Waals surface area contributed by atoms with Gasteiger partial charge in [0.15, 0.2) is 0 Å². The van der Waals surface area contributed by atoms with E-state index in [9.17, 15) is 4.79 Å². The van der Waals surface area contributed by atoms with E-state index in [1.54, 1.807) is 0 Å². The van der Waals surface area contributed by atoms with Crippen LogP contribution in [0.1, 0.15) is 13.8 Å². The molecule has 1 saturated heterocycles. The van der Waals surface area contributed by atoms with Crippen LogP contribution in [0.15, 0.2) is 0 Å². The fourth-order valence-electron chi connectivity index (χ4n) is 2.01. The minimum Gasteiger partial charge on any atom is -0.340 e. The van der Waals surface area contributed by atoms with Crippen molar-refractivity contribution in [3.8, 4) is 0 Å². The Morgan fingerprint density at radius 3 is 2.73 bits per heavy atom. The Kier molecular flexibility index (Phi) is 5.05. The molecule has 4 nitrogen and oxygen atoms in total. The first-order valence-corrected chi connectivity index (χ1v) is 5.82. The minimum atomic E-state index is 0.283. The van der Waals surface area contributed by atoms with Crippen LogP contribution in [0.2, 0.25) is 0 Å². The summed E-state index contributed by atoms with van der Waals surface area (Å²) in [5.74, 6) is 0.818. The van der Waals surface area contributed by atoms with Crippen LogP contribution in [0.3, 0.4) is 0 Å². The van der Waals surface area contributed by atoms with Gasteiger partial charge in [-0.25, -0.2) is 0 Å². The van der Waals surface area contributed by atoms with Crippen LogP contribution in [0.5, 0.6) is 0 Å². The Morgan fingerprint density at radius 2 is 2.20 bits per heavy atom. The van der Waals surface area contributed by atoms with Gasteiger partial charge in [-0.2, -0.15) is 0 Å². The molecule has 15 heavy (non-hydrogen) atoms. The molecule has 1 aliphatic heterocycles. The summed E-state index contributed by atoms with van der Waals surface area (Å²) < 4.78 is 0. The van der Waals surface area contributed by atoms with Crippen molar-refractivity contribution in [3.63, 3.8) is 0 Å². The van der Waals surface area contributed by atoms with Gasteiger partial charge in [0.1, 0.15) is 0 Å². The molecule has 1 unspecified atom stereocenters. The largest absolute Gasteiger partial charge is 0.340 e. The first kappa shape index (κ1) is 12.5. The number of likely N-dealkylation sites (N-methyl/N-ethyl adjacent to an activating group) is 1. The van der Waals surface area contributed by atoms with Gasteiger partial charge in [0.2, 0.25) is 5.91 Å². The number of piperazine rings is 1. The normalized spacial score (nSPS) is 20.7. The standard InChI is InChI=1S/C11H23N3O/c1-4-13-5-6-14(11(15)9-13)8-10(2)7-12-3/h10,12H,4-9H2,1-3H3. The average molecular weight is 213 g/mol. The highest BCUT2D eigenvalue weighted by molar-refractivity contribution is 5.79. The van der Waals surface area contributed by atoms with Gasteiger partial charge in [-0.15, -0.1) is 0 Å². The van der Waals surface area contributed by atoms with Gasteiger partial charge >= 0.3 is 0 Å². The Bertz CT molecular complexity index is 208. The molecule has 0 radical (unpaired) electrons. The molecule has 88 valence electrons. The fraction of sp³-hybridized carbons (Fsp3) is 0.909. The van der Waals surface area contributed by atoms with Crippen molar-refractivity contribution in [1.82, 2.24) is 15.1 Å². The maximum absolute atomic E-state index is 11.8. The van der Waals surface area contributed by atoms with Crippen LogP contribution in [-0.4, -0.2) is 62.0 Å². The van der Waals surface area contributed by atoms with Crippen LogP contribution in [-0.2, 0) is 4.79 Å². The lowest BCUT2D eigenvalue weighted by atomic mass is 10.1. The van der Waals surface area contributed by atoms with Crippen LogP contribution in [0.25, 0.3) is 0 Å². The summed E-state index contributed by atoms with van der Waals surface area (Å²) in [4.78, 5) is 16.0. The number of hydrogen-bond donors (Lipinski definition) is 1.